The van der Waals surface area contributed by atoms with Crippen molar-refractivity contribution in [2.24, 2.45) is 0 Å². The van der Waals surface area contributed by atoms with Gasteiger partial charge in [0.05, 0.1) is 12.8 Å². The number of nitriles is 1. The molecule has 90 valence electrons. The van der Waals surface area contributed by atoms with Crippen LogP contribution < -0.4 is 10.5 Å². The Morgan fingerprint density at radius 3 is 2.94 bits per heavy atom. The van der Waals surface area contributed by atoms with Crippen LogP contribution in [0.3, 0.4) is 0 Å². The van der Waals surface area contributed by atoms with E-state index >= 15 is 0 Å². The molecule has 2 aromatic rings. The van der Waals surface area contributed by atoms with Gasteiger partial charge in [0.2, 0.25) is 0 Å². The van der Waals surface area contributed by atoms with E-state index in [1.54, 1.807) is 0 Å². The molecule has 0 aliphatic rings. The molecule has 0 bridgehead atoms. The minimum Gasteiger partial charge on any atom is -0.494 e. The highest BCUT2D eigenvalue weighted by atomic mass is 16.5. The van der Waals surface area contributed by atoms with Crippen molar-refractivity contribution in [3.8, 4) is 23.2 Å². The van der Waals surface area contributed by atoms with Gasteiger partial charge in [-0.1, -0.05) is 12.1 Å². The lowest BCUT2D eigenvalue weighted by Gasteiger charge is -2.06. The van der Waals surface area contributed by atoms with Crippen LogP contribution in [-0.2, 0) is 0 Å². The largest absolute Gasteiger partial charge is 0.494 e. The summed E-state index contributed by atoms with van der Waals surface area (Å²) in [6.07, 6.45) is 1.42. The molecule has 18 heavy (non-hydrogen) atoms. The number of hydrogen-bond donors (Lipinski definition) is 1. The Balaban J connectivity index is 2.40. The predicted molar refractivity (Wildman–Crippen MR) is 67.8 cm³/mol. The van der Waals surface area contributed by atoms with Crippen molar-refractivity contribution in [1.29, 1.82) is 5.26 Å². The normalized spacial score (nSPS) is 9.78. The summed E-state index contributed by atoms with van der Waals surface area (Å²) >= 11 is 0. The van der Waals surface area contributed by atoms with E-state index in [2.05, 4.69) is 9.97 Å². The Morgan fingerprint density at radius 2 is 2.28 bits per heavy atom. The third-order valence-electron chi connectivity index (χ3n) is 2.34. The topological polar surface area (TPSA) is 84.8 Å². The molecule has 1 aromatic carbocycles. The van der Waals surface area contributed by atoms with E-state index in [1.807, 2.05) is 37.3 Å². The minimum atomic E-state index is 0.185. The van der Waals surface area contributed by atoms with Crippen molar-refractivity contribution >= 4 is 5.82 Å². The Bertz CT molecular complexity index is 604. The molecule has 0 unspecified atom stereocenters. The number of benzene rings is 1. The first-order valence-corrected chi connectivity index (χ1v) is 5.50. The van der Waals surface area contributed by atoms with Crippen molar-refractivity contribution in [2.45, 2.75) is 6.92 Å². The van der Waals surface area contributed by atoms with Gasteiger partial charge in [-0.15, -0.1) is 0 Å². The summed E-state index contributed by atoms with van der Waals surface area (Å²) in [5.41, 5.74) is 6.74. The summed E-state index contributed by atoms with van der Waals surface area (Å²) in [7, 11) is 0. The number of anilines is 1. The summed E-state index contributed by atoms with van der Waals surface area (Å²) < 4.78 is 5.40. The Labute approximate surface area is 105 Å². The van der Waals surface area contributed by atoms with Gasteiger partial charge in [-0.25, -0.2) is 9.97 Å². The van der Waals surface area contributed by atoms with Crippen LogP contribution in [0.4, 0.5) is 5.82 Å². The molecule has 0 radical (unpaired) electrons. The molecule has 2 rings (SSSR count). The molecule has 0 amide bonds. The van der Waals surface area contributed by atoms with E-state index in [0.717, 1.165) is 11.3 Å². The summed E-state index contributed by atoms with van der Waals surface area (Å²) in [5, 5.41) is 8.76. The van der Waals surface area contributed by atoms with Crippen LogP contribution in [0.1, 0.15) is 12.5 Å². The van der Waals surface area contributed by atoms with Crippen molar-refractivity contribution in [2.75, 3.05) is 12.3 Å². The van der Waals surface area contributed by atoms with Crippen molar-refractivity contribution in [3.05, 3.63) is 36.0 Å². The number of rotatable bonds is 3. The minimum absolute atomic E-state index is 0.185. The fourth-order valence-electron chi connectivity index (χ4n) is 1.51. The SMILES string of the molecule is CCOc1cccc(-c2ncc(C#N)c(N)n2)c1. The zero-order chi connectivity index (χ0) is 13.0. The third-order valence-corrected chi connectivity index (χ3v) is 2.34. The highest BCUT2D eigenvalue weighted by molar-refractivity contribution is 5.60. The molecule has 0 atom stereocenters. The van der Waals surface area contributed by atoms with Crippen LogP contribution in [0.25, 0.3) is 11.4 Å². The fraction of sp³-hybridized carbons (Fsp3) is 0.154. The molecule has 0 aliphatic heterocycles. The van der Waals surface area contributed by atoms with Crippen LogP contribution in [0.15, 0.2) is 30.5 Å². The molecular weight excluding hydrogens is 228 g/mol. The van der Waals surface area contributed by atoms with Gasteiger partial charge < -0.3 is 10.5 Å². The molecule has 5 heteroatoms. The summed E-state index contributed by atoms with van der Waals surface area (Å²) in [6.45, 7) is 2.52. The number of hydrogen-bond acceptors (Lipinski definition) is 5. The maximum absolute atomic E-state index is 8.76. The highest BCUT2D eigenvalue weighted by Crippen LogP contribution is 2.22. The van der Waals surface area contributed by atoms with E-state index in [0.29, 0.717) is 12.4 Å². The first-order chi connectivity index (χ1) is 8.74. The highest BCUT2D eigenvalue weighted by Gasteiger charge is 2.06. The number of nitrogen functional groups attached to an aromatic ring is 1. The van der Waals surface area contributed by atoms with Crippen molar-refractivity contribution in [1.82, 2.24) is 9.97 Å². The number of nitrogens with zero attached hydrogens (tertiary/aromatic N) is 3. The number of ether oxygens (including phenoxy) is 1. The van der Waals surface area contributed by atoms with Crippen LogP contribution in [0.2, 0.25) is 0 Å². The molecule has 2 N–H and O–H groups in total. The van der Waals surface area contributed by atoms with Gasteiger partial charge >= 0.3 is 0 Å². The summed E-state index contributed by atoms with van der Waals surface area (Å²) in [4.78, 5) is 8.22. The maximum atomic E-state index is 8.76. The van der Waals surface area contributed by atoms with Gasteiger partial charge in [0.15, 0.2) is 5.82 Å². The molecule has 0 spiro atoms. The quantitative estimate of drug-likeness (QED) is 0.886. The van der Waals surface area contributed by atoms with Gasteiger partial charge in [-0.3, -0.25) is 0 Å². The fourth-order valence-corrected chi connectivity index (χ4v) is 1.51. The van der Waals surface area contributed by atoms with Gasteiger partial charge in [0.1, 0.15) is 23.2 Å². The second-order valence-electron chi connectivity index (χ2n) is 3.57. The second-order valence-corrected chi connectivity index (χ2v) is 3.57. The van der Waals surface area contributed by atoms with Gasteiger partial charge in [0.25, 0.3) is 0 Å². The lowest BCUT2D eigenvalue weighted by molar-refractivity contribution is 0.340. The Kier molecular flexibility index (Phi) is 3.39. The smallest absolute Gasteiger partial charge is 0.161 e. The molecule has 0 fully saturated rings. The van der Waals surface area contributed by atoms with E-state index in [-0.39, 0.29) is 11.4 Å². The molecule has 1 aromatic heterocycles. The number of aromatic nitrogens is 2. The second kappa shape index (κ2) is 5.15. The van der Waals surface area contributed by atoms with E-state index in [9.17, 15) is 0 Å². The van der Waals surface area contributed by atoms with Crippen molar-refractivity contribution < 1.29 is 4.74 Å². The van der Waals surface area contributed by atoms with E-state index in [1.165, 1.54) is 6.20 Å². The van der Waals surface area contributed by atoms with E-state index in [4.69, 9.17) is 15.7 Å². The predicted octanol–water partition coefficient (Wildman–Crippen LogP) is 2.00. The van der Waals surface area contributed by atoms with Crippen LogP contribution >= 0.6 is 0 Å². The standard InChI is InChI=1S/C13H12N4O/c1-2-18-11-5-3-4-9(6-11)13-16-8-10(7-14)12(15)17-13/h3-6,8H,2H2,1H3,(H2,15,16,17). The average molecular weight is 240 g/mol. The van der Waals surface area contributed by atoms with E-state index < -0.39 is 0 Å². The number of nitrogens with two attached hydrogens (primary N) is 1. The van der Waals surface area contributed by atoms with Crippen LogP contribution in [0, 0.1) is 11.3 Å². The Morgan fingerprint density at radius 1 is 1.44 bits per heavy atom. The molecule has 0 aliphatic carbocycles. The maximum Gasteiger partial charge on any atom is 0.161 e. The van der Waals surface area contributed by atoms with Crippen LogP contribution in [-0.4, -0.2) is 16.6 Å². The lowest BCUT2D eigenvalue weighted by Crippen LogP contribution is -1.99. The molecule has 1 heterocycles. The molecule has 0 saturated carbocycles. The molecule has 0 saturated heterocycles. The lowest BCUT2D eigenvalue weighted by atomic mass is 10.2. The third kappa shape index (κ3) is 2.38. The Hall–Kier alpha value is -2.61. The van der Waals surface area contributed by atoms with Gasteiger partial charge in [-0.05, 0) is 19.1 Å². The van der Waals surface area contributed by atoms with Crippen LogP contribution in [0.5, 0.6) is 5.75 Å². The van der Waals surface area contributed by atoms with Crippen molar-refractivity contribution in [3.63, 3.8) is 0 Å². The summed E-state index contributed by atoms with van der Waals surface area (Å²) in [5.74, 6) is 1.42. The zero-order valence-corrected chi connectivity index (χ0v) is 9.92. The first-order valence-electron chi connectivity index (χ1n) is 5.50. The zero-order valence-electron chi connectivity index (χ0n) is 9.92. The average Bonchev–Trinajstić information content (AvgIpc) is 2.39. The summed E-state index contributed by atoms with van der Waals surface area (Å²) in [6, 6.07) is 9.35. The molecule has 5 nitrogen and oxygen atoms in total. The monoisotopic (exact) mass is 240 g/mol. The molecular formula is C13H12N4O. The van der Waals surface area contributed by atoms with Gasteiger partial charge in [-0.2, -0.15) is 5.26 Å². The first kappa shape index (κ1) is 11.9. The van der Waals surface area contributed by atoms with Gasteiger partial charge in [0, 0.05) is 5.56 Å².